The third kappa shape index (κ3) is 2.83. The number of aromatic amines is 1. The van der Waals surface area contributed by atoms with Crippen molar-refractivity contribution in [3.8, 4) is 17.1 Å². The van der Waals surface area contributed by atoms with Crippen LogP contribution in [0.15, 0.2) is 41.9 Å². The number of fused-ring (bicyclic) bond motifs is 1. The van der Waals surface area contributed by atoms with Crippen LogP contribution in [-0.2, 0) is 11.2 Å². The number of thiazole rings is 1. The molecule has 1 unspecified atom stereocenters. The Morgan fingerprint density at radius 3 is 3.17 bits per heavy atom. The Hall–Kier alpha value is -2.31. The first-order valence-corrected chi connectivity index (χ1v) is 8.30. The van der Waals surface area contributed by atoms with E-state index in [2.05, 4.69) is 15.3 Å². The summed E-state index contributed by atoms with van der Waals surface area (Å²) in [6, 6.07) is 9.21. The number of aromatic nitrogens is 2. The molecule has 3 aromatic rings. The minimum atomic E-state index is -0.554. The summed E-state index contributed by atoms with van der Waals surface area (Å²) in [7, 11) is 0. The van der Waals surface area contributed by atoms with Crippen molar-refractivity contribution in [2.24, 2.45) is 0 Å². The van der Waals surface area contributed by atoms with Crippen LogP contribution < -0.4 is 10.1 Å². The number of halogens is 1. The monoisotopic (exact) mass is 345 g/mol. The molecule has 1 atom stereocenters. The highest BCUT2D eigenvalue weighted by molar-refractivity contribution is 7.14. The first kappa shape index (κ1) is 14.3. The third-order valence-electron chi connectivity index (χ3n) is 3.60. The van der Waals surface area contributed by atoms with Crippen LogP contribution in [0.1, 0.15) is 5.56 Å². The highest BCUT2D eigenvalue weighted by Crippen LogP contribution is 2.32. The number of amides is 1. The van der Waals surface area contributed by atoms with E-state index < -0.39 is 6.10 Å². The van der Waals surface area contributed by atoms with Crippen LogP contribution >= 0.6 is 22.9 Å². The molecule has 1 amide bonds. The van der Waals surface area contributed by atoms with Gasteiger partial charge in [-0.15, -0.1) is 11.3 Å². The van der Waals surface area contributed by atoms with Gasteiger partial charge in [0.1, 0.15) is 5.75 Å². The molecule has 1 aliphatic rings. The third-order valence-corrected chi connectivity index (χ3v) is 4.59. The van der Waals surface area contributed by atoms with Gasteiger partial charge in [0.05, 0.1) is 11.4 Å². The van der Waals surface area contributed by atoms with Gasteiger partial charge in [-0.2, -0.15) is 0 Å². The summed E-state index contributed by atoms with van der Waals surface area (Å²) in [5.74, 6) is 0.505. The van der Waals surface area contributed by atoms with Crippen molar-refractivity contribution in [2.45, 2.75) is 12.5 Å². The maximum absolute atomic E-state index is 12.4. The fourth-order valence-corrected chi connectivity index (χ4v) is 3.40. The van der Waals surface area contributed by atoms with E-state index in [0.717, 1.165) is 17.0 Å². The lowest BCUT2D eigenvalue weighted by Gasteiger charge is -2.09. The topological polar surface area (TPSA) is 67.0 Å². The van der Waals surface area contributed by atoms with E-state index in [-0.39, 0.29) is 5.91 Å². The second-order valence-electron chi connectivity index (χ2n) is 5.17. The molecule has 1 aliphatic heterocycles. The predicted octanol–water partition coefficient (Wildman–Crippen LogP) is 3.73. The Balaban J connectivity index is 1.45. The Bertz CT molecular complexity index is 860. The van der Waals surface area contributed by atoms with Gasteiger partial charge in [-0.05, 0) is 35.9 Å². The lowest BCUT2D eigenvalue weighted by Crippen LogP contribution is -2.31. The van der Waals surface area contributed by atoms with Crippen LogP contribution in [-0.4, -0.2) is 22.0 Å². The molecule has 0 fully saturated rings. The summed E-state index contributed by atoms with van der Waals surface area (Å²) in [6.07, 6.45) is 1.79. The highest BCUT2D eigenvalue weighted by Gasteiger charge is 2.29. The summed E-state index contributed by atoms with van der Waals surface area (Å²) in [5.41, 5.74) is 2.67. The number of ether oxygens (including phenoxy) is 1. The summed E-state index contributed by atoms with van der Waals surface area (Å²) in [4.78, 5) is 19.8. The quantitative estimate of drug-likeness (QED) is 0.760. The Morgan fingerprint density at radius 2 is 2.35 bits per heavy atom. The van der Waals surface area contributed by atoms with E-state index in [1.54, 1.807) is 12.1 Å². The van der Waals surface area contributed by atoms with Crippen LogP contribution in [0.25, 0.3) is 11.4 Å². The molecule has 4 rings (SSSR count). The van der Waals surface area contributed by atoms with E-state index >= 15 is 0 Å². The lowest BCUT2D eigenvalue weighted by atomic mass is 10.1. The van der Waals surface area contributed by atoms with E-state index in [1.165, 1.54) is 11.3 Å². The average molecular weight is 346 g/mol. The molecule has 0 saturated carbocycles. The molecule has 0 radical (unpaired) electrons. The predicted molar refractivity (Wildman–Crippen MR) is 90.1 cm³/mol. The molecule has 5 nitrogen and oxygen atoms in total. The zero-order chi connectivity index (χ0) is 15.8. The number of rotatable bonds is 3. The number of anilines is 1. The second kappa shape index (κ2) is 5.72. The summed E-state index contributed by atoms with van der Waals surface area (Å²) < 4.78 is 5.67. The molecule has 1 aromatic carbocycles. The molecule has 116 valence electrons. The fourth-order valence-electron chi connectivity index (χ4n) is 2.49. The molecule has 0 bridgehead atoms. The van der Waals surface area contributed by atoms with E-state index in [1.807, 2.05) is 29.8 Å². The number of hydrogen-bond donors (Lipinski definition) is 2. The minimum absolute atomic E-state index is 0.204. The SMILES string of the molecule is O=C(Nc1nc(-c2ccc[nH]2)cs1)C1Cc2cc(Cl)ccc2O1. The minimum Gasteiger partial charge on any atom is -0.480 e. The fraction of sp³-hybridized carbons (Fsp3) is 0.125. The number of carbonyl (C=O) groups is 1. The molecule has 2 aromatic heterocycles. The van der Waals surface area contributed by atoms with Crippen molar-refractivity contribution in [2.75, 3.05) is 5.32 Å². The number of nitrogens with one attached hydrogen (secondary N) is 2. The maximum atomic E-state index is 12.4. The highest BCUT2D eigenvalue weighted by atomic mass is 35.5. The van der Waals surface area contributed by atoms with Crippen LogP contribution in [0.5, 0.6) is 5.75 Å². The number of carbonyl (C=O) groups excluding carboxylic acids is 1. The Labute approximate surface area is 141 Å². The van der Waals surface area contributed by atoms with Crippen molar-refractivity contribution in [3.63, 3.8) is 0 Å². The van der Waals surface area contributed by atoms with Gasteiger partial charge < -0.3 is 9.72 Å². The largest absolute Gasteiger partial charge is 0.480 e. The zero-order valence-corrected chi connectivity index (χ0v) is 13.4. The number of H-pyrrole nitrogens is 1. The molecule has 3 heterocycles. The summed E-state index contributed by atoms with van der Waals surface area (Å²) in [6.45, 7) is 0. The van der Waals surface area contributed by atoms with Crippen molar-refractivity contribution in [3.05, 3.63) is 52.5 Å². The molecular weight excluding hydrogens is 334 g/mol. The smallest absolute Gasteiger partial charge is 0.267 e. The van der Waals surface area contributed by atoms with E-state index in [0.29, 0.717) is 22.3 Å². The molecule has 0 saturated heterocycles. The van der Waals surface area contributed by atoms with Crippen LogP contribution in [0.2, 0.25) is 5.02 Å². The normalized spacial score (nSPS) is 16.0. The van der Waals surface area contributed by atoms with Crippen molar-refractivity contribution < 1.29 is 9.53 Å². The van der Waals surface area contributed by atoms with E-state index in [4.69, 9.17) is 16.3 Å². The standard InChI is InChI=1S/C16H12ClN3O2S/c17-10-3-4-13-9(6-10)7-14(22-13)15(21)20-16-19-12(8-23-16)11-2-1-5-18-11/h1-6,8,14,18H,7H2,(H,19,20,21). The van der Waals surface area contributed by atoms with Gasteiger partial charge in [0.2, 0.25) is 0 Å². The van der Waals surface area contributed by atoms with Crippen LogP contribution in [0, 0.1) is 0 Å². The van der Waals surface area contributed by atoms with Crippen molar-refractivity contribution >= 4 is 34.0 Å². The molecule has 23 heavy (non-hydrogen) atoms. The molecule has 0 spiro atoms. The van der Waals surface area contributed by atoms with Crippen molar-refractivity contribution in [1.82, 2.24) is 9.97 Å². The Kier molecular flexibility index (Phi) is 3.55. The van der Waals surface area contributed by atoms with Gasteiger partial charge in [-0.3, -0.25) is 10.1 Å². The molecule has 7 heteroatoms. The van der Waals surface area contributed by atoms with Gasteiger partial charge in [0, 0.05) is 23.0 Å². The maximum Gasteiger partial charge on any atom is 0.267 e. The first-order valence-electron chi connectivity index (χ1n) is 7.04. The number of hydrogen-bond acceptors (Lipinski definition) is 4. The molecule has 0 aliphatic carbocycles. The van der Waals surface area contributed by atoms with Gasteiger partial charge in [0.25, 0.3) is 5.91 Å². The first-order chi connectivity index (χ1) is 11.2. The summed E-state index contributed by atoms with van der Waals surface area (Å²) in [5, 5.41) is 5.90. The number of nitrogens with zero attached hydrogens (tertiary/aromatic N) is 1. The molecule has 2 N–H and O–H groups in total. The van der Waals surface area contributed by atoms with Gasteiger partial charge >= 0.3 is 0 Å². The van der Waals surface area contributed by atoms with Gasteiger partial charge in [-0.25, -0.2) is 4.98 Å². The lowest BCUT2D eigenvalue weighted by molar-refractivity contribution is -0.122. The Morgan fingerprint density at radius 1 is 1.43 bits per heavy atom. The van der Waals surface area contributed by atoms with E-state index in [9.17, 15) is 4.79 Å². The van der Waals surface area contributed by atoms with Gasteiger partial charge in [0.15, 0.2) is 11.2 Å². The second-order valence-corrected chi connectivity index (χ2v) is 6.47. The van der Waals surface area contributed by atoms with Gasteiger partial charge in [-0.1, -0.05) is 11.6 Å². The molecular formula is C16H12ClN3O2S. The van der Waals surface area contributed by atoms with Crippen LogP contribution in [0.4, 0.5) is 5.13 Å². The number of benzene rings is 1. The zero-order valence-electron chi connectivity index (χ0n) is 11.9. The average Bonchev–Trinajstić information content (AvgIpc) is 3.26. The van der Waals surface area contributed by atoms with Crippen molar-refractivity contribution in [1.29, 1.82) is 0 Å². The summed E-state index contributed by atoms with van der Waals surface area (Å²) >= 11 is 7.35. The van der Waals surface area contributed by atoms with Crippen LogP contribution in [0.3, 0.4) is 0 Å².